The van der Waals surface area contributed by atoms with Crippen molar-refractivity contribution in [3.05, 3.63) is 36.1 Å². The first-order chi connectivity index (χ1) is 9.87. The largest absolute Gasteiger partial charge is 0.479 e. The van der Waals surface area contributed by atoms with Gasteiger partial charge in [0.05, 0.1) is 25.1 Å². The minimum absolute atomic E-state index is 0.0201. The highest BCUT2D eigenvalue weighted by atomic mass is 32.2. The van der Waals surface area contributed by atoms with Gasteiger partial charge in [0.15, 0.2) is 0 Å². The van der Waals surface area contributed by atoms with Crippen molar-refractivity contribution in [2.24, 2.45) is 0 Å². The summed E-state index contributed by atoms with van der Waals surface area (Å²) in [7, 11) is -1.98. The van der Waals surface area contributed by atoms with Crippen LogP contribution in [0.15, 0.2) is 34.9 Å². The molecule has 0 saturated carbocycles. The average molecular weight is 311 g/mol. The quantitative estimate of drug-likeness (QED) is 0.861. The van der Waals surface area contributed by atoms with Crippen molar-refractivity contribution in [3.63, 3.8) is 0 Å². The van der Waals surface area contributed by atoms with Crippen molar-refractivity contribution in [3.8, 4) is 5.88 Å². The van der Waals surface area contributed by atoms with E-state index in [9.17, 15) is 13.2 Å². The molecule has 2 aromatic rings. The van der Waals surface area contributed by atoms with Gasteiger partial charge < -0.3 is 14.6 Å². The molecule has 1 aromatic carbocycles. The van der Waals surface area contributed by atoms with E-state index in [0.717, 1.165) is 6.26 Å². The Labute approximate surface area is 121 Å². The Bertz CT molecular complexity index is 754. The summed E-state index contributed by atoms with van der Waals surface area (Å²) >= 11 is 0. The number of anilines is 2. The topological polar surface area (TPSA) is 111 Å². The molecule has 1 amide bonds. The molecule has 1 heterocycles. The summed E-state index contributed by atoms with van der Waals surface area (Å²) in [4.78, 5) is 11.9. The first kappa shape index (κ1) is 14.9. The second-order valence-electron chi connectivity index (χ2n) is 4.14. The van der Waals surface area contributed by atoms with Gasteiger partial charge in [-0.25, -0.2) is 8.42 Å². The number of methoxy groups -OCH3 is 1. The molecule has 112 valence electrons. The molecule has 0 aliphatic rings. The molecule has 9 heteroatoms. The number of amides is 1. The number of nitrogens with zero attached hydrogens (tertiary/aromatic N) is 1. The third-order valence-corrected chi connectivity index (χ3v) is 2.95. The minimum atomic E-state index is -3.38. The van der Waals surface area contributed by atoms with Crippen LogP contribution < -0.4 is 14.8 Å². The highest BCUT2D eigenvalue weighted by Gasteiger charge is 2.14. The smallest absolute Gasteiger partial charge is 0.294 e. The van der Waals surface area contributed by atoms with Crippen LogP contribution in [0.2, 0.25) is 0 Å². The van der Waals surface area contributed by atoms with Crippen LogP contribution in [0.1, 0.15) is 10.6 Å². The van der Waals surface area contributed by atoms with Crippen molar-refractivity contribution in [1.82, 2.24) is 5.16 Å². The second kappa shape index (κ2) is 5.83. The van der Waals surface area contributed by atoms with E-state index in [1.54, 1.807) is 18.2 Å². The van der Waals surface area contributed by atoms with E-state index in [1.807, 2.05) is 0 Å². The Hall–Kier alpha value is -2.55. The van der Waals surface area contributed by atoms with Crippen LogP contribution in [-0.2, 0) is 10.0 Å². The van der Waals surface area contributed by atoms with Gasteiger partial charge in [-0.05, 0) is 23.4 Å². The van der Waals surface area contributed by atoms with E-state index in [1.165, 1.54) is 19.2 Å². The Kier molecular flexibility index (Phi) is 4.13. The standard InChI is InChI=1S/C12H13N3O5S/c1-19-11-7-10(20-14-11)12(16)13-8-4-3-5-9(6-8)15-21(2,17)18/h3-7,15H,1-2H3,(H,13,16). The predicted octanol–water partition coefficient (Wildman–Crippen LogP) is 1.31. The lowest BCUT2D eigenvalue weighted by atomic mass is 10.3. The summed E-state index contributed by atoms with van der Waals surface area (Å²) < 4.78 is 34.2. The number of carbonyl (C=O) groups excluding carboxylic acids is 1. The zero-order valence-electron chi connectivity index (χ0n) is 11.3. The summed E-state index contributed by atoms with van der Waals surface area (Å²) in [6, 6.07) is 7.59. The normalized spacial score (nSPS) is 11.0. The van der Waals surface area contributed by atoms with E-state index in [4.69, 9.17) is 9.26 Å². The fourth-order valence-electron chi connectivity index (χ4n) is 1.53. The van der Waals surface area contributed by atoms with E-state index in [-0.39, 0.29) is 11.6 Å². The molecule has 0 aliphatic carbocycles. The number of nitrogens with one attached hydrogen (secondary N) is 2. The number of benzene rings is 1. The molecule has 0 bridgehead atoms. The zero-order chi connectivity index (χ0) is 15.5. The maximum Gasteiger partial charge on any atom is 0.294 e. The molecular weight excluding hydrogens is 298 g/mol. The Morgan fingerprint density at radius 2 is 2.00 bits per heavy atom. The fourth-order valence-corrected chi connectivity index (χ4v) is 2.08. The number of ether oxygens (including phenoxy) is 1. The lowest BCUT2D eigenvalue weighted by Crippen LogP contribution is -2.12. The van der Waals surface area contributed by atoms with Crippen LogP contribution in [0.25, 0.3) is 0 Å². The highest BCUT2D eigenvalue weighted by molar-refractivity contribution is 7.92. The lowest BCUT2D eigenvalue weighted by Gasteiger charge is -2.07. The third-order valence-electron chi connectivity index (χ3n) is 2.35. The van der Waals surface area contributed by atoms with E-state index < -0.39 is 15.9 Å². The average Bonchev–Trinajstić information content (AvgIpc) is 2.85. The van der Waals surface area contributed by atoms with Gasteiger partial charge in [0.2, 0.25) is 15.8 Å². The summed E-state index contributed by atoms with van der Waals surface area (Å²) in [5.74, 6) is -0.358. The van der Waals surface area contributed by atoms with Gasteiger partial charge in [0.25, 0.3) is 11.8 Å². The molecule has 0 radical (unpaired) electrons. The molecule has 8 nitrogen and oxygen atoms in total. The molecule has 2 N–H and O–H groups in total. The van der Waals surface area contributed by atoms with Crippen molar-refractivity contribution in [2.75, 3.05) is 23.4 Å². The van der Waals surface area contributed by atoms with Crippen molar-refractivity contribution < 1.29 is 22.5 Å². The molecule has 0 atom stereocenters. The zero-order valence-corrected chi connectivity index (χ0v) is 12.1. The molecule has 0 saturated heterocycles. The van der Waals surface area contributed by atoms with Crippen molar-refractivity contribution in [2.45, 2.75) is 0 Å². The van der Waals surface area contributed by atoms with Crippen LogP contribution in [0.3, 0.4) is 0 Å². The molecule has 2 rings (SSSR count). The monoisotopic (exact) mass is 311 g/mol. The third kappa shape index (κ3) is 4.21. The van der Waals surface area contributed by atoms with Crippen LogP contribution in [0.5, 0.6) is 5.88 Å². The van der Waals surface area contributed by atoms with E-state index >= 15 is 0 Å². The number of aromatic nitrogens is 1. The van der Waals surface area contributed by atoms with Gasteiger partial charge >= 0.3 is 0 Å². The van der Waals surface area contributed by atoms with E-state index in [0.29, 0.717) is 11.4 Å². The van der Waals surface area contributed by atoms with Gasteiger partial charge in [0, 0.05) is 5.69 Å². The van der Waals surface area contributed by atoms with Gasteiger partial charge in [0.1, 0.15) is 0 Å². The van der Waals surface area contributed by atoms with Gasteiger partial charge in [-0.1, -0.05) is 6.07 Å². The number of carbonyl (C=O) groups is 1. The molecule has 0 spiro atoms. The maximum absolute atomic E-state index is 11.9. The molecule has 0 aliphatic heterocycles. The van der Waals surface area contributed by atoms with Gasteiger partial charge in [-0.2, -0.15) is 0 Å². The fraction of sp³-hybridized carbons (Fsp3) is 0.167. The van der Waals surface area contributed by atoms with Gasteiger partial charge in [-0.3, -0.25) is 9.52 Å². The number of hydrogen-bond acceptors (Lipinski definition) is 6. The van der Waals surface area contributed by atoms with E-state index in [2.05, 4.69) is 15.2 Å². The molecule has 0 fully saturated rings. The molecule has 21 heavy (non-hydrogen) atoms. The van der Waals surface area contributed by atoms with Gasteiger partial charge in [-0.15, -0.1) is 0 Å². The summed E-state index contributed by atoms with van der Waals surface area (Å²) in [5, 5.41) is 6.07. The van der Waals surface area contributed by atoms with Crippen molar-refractivity contribution >= 4 is 27.3 Å². The molecule has 0 unspecified atom stereocenters. The second-order valence-corrected chi connectivity index (χ2v) is 5.89. The first-order valence-corrected chi connectivity index (χ1v) is 7.66. The first-order valence-electron chi connectivity index (χ1n) is 5.77. The highest BCUT2D eigenvalue weighted by Crippen LogP contribution is 2.18. The summed E-state index contributed by atoms with van der Waals surface area (Å²) in [5.41, 5.74) is 0.745. The summed E-state index contributed by atoms with van der Waals surface area (Å²) in [6.07, 6.45) is 1.04. The summed E-state index contributed by atoms with van der Waals surface area (Å²) in [6.45, 7) is 0. The van der Waals surface area contributed by atoms with Crippen LogP contribution in [-0.4, -0.2) is 32.8 Å². The van der Waals surface area contributed by atoms with Crippen LogP contribution >= 0.6 is 0 Å². The Morgan fingerprint density at radius 1 is 1.29 bits per heavy atom. The minimum Gasteiger partial charge on any atom is -0.479 e. The van der Waals surface area contributed by atoms with Crippen LogP contribution in [0, 0.1) is 0 Å². The Balaban J connectivity index is 2.12. The molecule has 1 aromatic heterocycles. The number of sulfonamides is 1. The Morgan fingerprint density at radius 3 is 2.62 bits per heavy atom. The maximum atomic E-state index is 11.9. The number of rotatable bonds is 5. The van der Waals surface area contributed by atoms with Crippen molar-refractivity contribution in [1.29, 1.82) is 0 Å². The molecular formula is C12H13N3O5S. The van der Waals surface area contributed by atoms with Crippen LogP contribution in [0.4, 0.5) is 11.4 Å². The number of hydrogen-bond donors (Lipinski definition) is 2. The predicted molar refractivity (Wildman–Crippen MR) is 75.9 cm³/mol. The SMILES string of the molecule is COc1cc(C(=O)Nc2cccc(NS(C)(=O)=O)c2)on1. The lowest BCUT2D eigenvalue weighted by molar-refractivity contribution is 0.0987.